The summed E-state index contributed by atoms with van der Waals surface area (Å²) in [6, 6.07) is 12.6. The Bertz CT molecular complexity index is 971. The second-order valence-corrected chi connectivity index (χ2v) is 8.27. The first-order valence-electron chi connectivity index (χ1n) is 8.16. The van der Waals surface area contributed by atoms with Gasteiger partial charge in [-0.3, -0.25) is 9.59 Å². The minimum Gasteiger partial charge on any atom is -0.477 e. The van der Waals surface area contributed by atoms with Gasteiger partial charge in [0.1, 0.15) is 5.75 Å². The van der Waals surface area contributed by atoms with Crippen LogP contribution in [0.4, 0.5) is 5.69 Å². The number of nitrogens with zero attached hydrogens (tertiary/aromatic N) is 1. The van der Waals surface area contributed by atoms with Crippen LogP contribution in [0.3, 0.4) is 0 Å². The first-order chi connectivity index (χ1) is 12.8. The van der Waals surface area contributed by atoms with Crippen molar-refractivity contribution in [1.82, 2.24) is 9.62 Å². The largest absolute Gasteiger partial charge is 0.477 e. The Labute approximate surface area is 157 Å². The molecule has 0 radical (unpaired) electrons. The fourth-order valence-electron chi connectivity index (χ4n) is 2.50. The van der Waals surface area contributed by atoms with Crippen LogP contribution >= 0.6 is 0 Å². The Morgan fingerprint density at radius 1 is 1.15 bits per heavy atom. The van der Waals surface area contributed by atoms with Crippen molar-refractivity contribution < 1.29 is 22.7 Å². The molecular formula is C18H19N3O5S. The van der Waals surface area contributed by atoms with E-state index in [-0.39, 0.29) is 22.9 Å². The van der Waals surface area contributed by atoms with Crippen molar-refractivity contribution in [1.29, 1.82) is 0 Å². The number of sulfonamides is 1. The van der Waals surface area contributed by atoms with Crippen molar-refractivity contribution in [2.45, 2.75) is 11.0 Å². The van der Waals surface area contributed by atoms with E-state index in [0.717, 1.165) is 4.31 Å². The maximum absolute atomic E-state index is 12.3. The van der Waals surface area contributed by atoms with Gasteiger partial charge in [-0.25, -0.2) is 12.7 Å². The molecule has 1 aliphatic heterocycles. The monoisotopic (exact) mass is 389 g/mol. The van der Waals surface area contributed by atoms with E-state index in [1.807, 2.05) is 0 Å². The van der Waals surface area contributed by atoms with Crippen LogP contribution in [0.15, 0.2) is 53.4 Å². The molecule has 2 N–H and O–H groups in total. The van der Waals surface area contributed by atoms with Crippen LogP contribution in [0.25, 0.3) is 0 Å². The number of anilines is 1. The van der Waals surface area contributed by atoms with Gasteiger partial charge in [0.25, 0.3) is 11.8 Å². The molecule has 27 heavy (non-hydrogen) atoms. The number of rotatable bonds is 5. The van der Waals surface area contributed by atoms with Crippen molar-refractivity contribution in [2.75, 3.05) is 26.0 Å². The SMILES string of the molecule is CN(C)S(=O)(=O)c1ccc(C(=O)NCC2Oc3ccccc3NC2=O)cc1. The third-order valence-electron chi connectivity index (χ3n) is 4.05. The quantitative estimate of drug-likeness (QED) is 0.796. The molecule has 2 aromatic rings. The van der Waals surface area contributed by atoms with Crippen molar-refractivity contribution in [3.8, 4) is 5.75 Å². The normalized spacial score (nSPS) is 16.3. The summed E-state index contributed by atoms with van der Waals surface area (Å²) in [5.74, 6) is -0.241. The summed E-state index contributed by atoms with van der Waals surface area (Å²) in [6.45, 7) is -0.0171. The predicted octanol–water partition coefficient (Wildman–Crippen LogP) is 1.07. The molecule has 1 heterocycles. The van der Waals surface area contributed by atoms with Crippen LogP contribution in [-0.4, -0.2) is 51.3 Å². The van der Waals surface area contributed by atoms with Gasteiger partial charge in [-0.1, -0.05) is 12.1 Å². The summed E-state index contributed by atoms with van der Waals surface area (Å²) in [5.41, 5.74) is 0.868. The summed E-state index contributed by atoms with van der Waals surface area (Å²) in [7, 11) is -0.688. The second-order valence-electron chi connectivity index (χ2n) is 6.11. The summed E-state index contributed by atoms with van der Waals surface area (Å²) in [4.78, 5) is 24.4. The molecule has 1 atom stereocenters. The maximum Gasteiger partial charge on any atom is 0.267 e. The van der Waals surface area contributed by atoms with Crippen molar-refractivity contribution in [3.63, 3.8) is 0 Å². The molecule has 0 bridgehead atoms. The number of para-hydroxylation sites is 2. The number of hydrogen-bond acceptors (Lipinski definition) is 5. The van der Waals surface area contributed by atoms with Gasteiger partial charge in [0.2, 0.25) is 10.0 Å². The van der Waals surface area contributed by atoms with Crippen LogP contribution in [0.5, 0.6) is 5.75 Å². The summed E-state index contributed by atoms with van der Waals surface area (Å²) in [5, 5.41) is 5.35. The number of hydrogen-bond donors (Lipinski definition) is 2. The molecule has 3 rings (SSSR count). The van der Waals surface area contributed by atoms with Gasteiger partial charge in [-0.2, -0.15) is 0 Å². The molecule has 0 fully saturated rings. The predicted molar refractivity (Wildman–Crippen MR) is 99.1 cm³/mol. The Hall–Kier alpha value is -2.91. The van der Waals surface area contributed by atoms with E-state index in [0.29, 0.717) is 11.4 Å². The molecule has 2 amide bonds. The molecule has 0 aliphatic carbocycles. The Balaban J connectivity index is 1.64. The molecule has 142 valence electrons. The number of fused-ring (bicyclic) bond motifs is 1. The first-order valence-corrected chi connectivity index (χ1v) is 9.60. The van der Waals surface area contributed by atoms with Crippen molar-refractivity contribution in [3.05, 3.63) is 54.1 Å². The third kappa shape index (κ3) is 3.93. The molecule has 1 aliphatic rings. The van der Waals surface area contributed by atoms with E-state index in [1.165, 1.54) is 38.4 Å². The van der Waals surface area contributed by atoms with E-state index < -0.39 is 22.0 Å². The number of benzene rings is 2. The zero-order valence-electron chi connectivity index (χ0n) is 14.8. The van der Waals surface area contributed by atoms with Gasteiger partial charge in [0.15, 0.2) is 6.10 Å². The lowest BCUT2D eigenvalue weighted by Crippen LogP contribution is -2.45. The van der Waals surface area contributed by atoms with Gasteiger partial charge in [0, 0.05) is 19.7 Å². The van der Waals surface area contributed by atoms with Gasteiger partial charge >= 0.3 is 0 Å². The highest BCUT2D eigenvalue weighted by Gasteiger charge is 2.27. The number of nitrogens with one attached hydrogen (secondary N) is 2. The minimum absolute atomic E-state index is 0.0171. The maximum atomic E-state index is 12.3. The van der Waals surface area contributed by atoms with Crippen LogP contribution in [0, 0.1) is 0 Å². The van der Waals surface area contributed by atoms with E-state index in [1.54, 1.807) is 24.3 Å². The summed E-state index contributed by atoms with van der Waals surface area (Å²) in [6.07, 6.45) is -0.850. The van der Waals surface area contributed by atoms with E-state index >= 15 is 0 Å². The highest BCUT2D eigenvalue weighted by atomic mass is 32.2. The number of carbonyl (C=O) groups is 2. The fraction of sp³-hybridized carbons (Fsp3) is 0.222. The average Bonchev–Trinajstić information content (AvgIpc) is 2.66. The average molecular weight is 389 g/mol. The summed E-state index contributed by atoms with van der Waals surface area (Å²) < 4.78 is 30.8. The zero-order valence-corrected chi connectivity index (χ0v) is 15.6. The van der Waals surface area contributed by atoms with E-state index in [2.05, 4.69) is 10.6 Å². The summed E-state index contributed by atoms with van der Waals surface area (Å²) >= 11 is 0. The third-order valence-corrected chi connectivity index (χ3v) is 5.88. The minimum atomic E-state index is -3.56. The molecule has 0 saturated heterocycles. The zero-order chi connectivity index (χ0) is 19.6. The van der Waals surface area contributed by atoms with E-state index in [9.17, 15) is 18.0 Å². The fourth-order valence-corrected chi connectivity index (χ4v) is 3.41. The molecule has 8 nitrogen and oxygen atoms in total. The highest BCUT2D eigenvalue weighted by molar-refractivity contribution is 7.89. The lowest BCUT2D eigenvalue weighted by molar-refractivity contribution is -0.123. The lowest BCUT2D eigenvalue weighted by atomic mass is 10.2. The van der Waals surface area contributed by atoms with Crippen molar-refractivity contribution in [2.24, 2.45) is 0 Å². The first kappa shape index (κ1) is 18.9. The molecule has 0 saturated carbocycles. The second kappa shape index (κ2) is 7.37. The van der Waals surface area contributed by atoms with Crippen molar-refractivity contribution >= 4 is 27.5 Å². The number of amides is 2. The molecule has 0 aromatic heterocycles. The van der Waals surface area contributed by atoms with Crippen LogP contribution in [0.1, 0.15) is 10.4 Å². The Morgan fingerprint density at radius 2 is 1.81 bits per heavy atom. The van der Waals surface area contributed by atoms with Crippen LogP contribution < -0.4 is 15.4 Å². The topological polar surface area (TPSA) is 105 Å². The number of carbonyl (C=O) groups excluding carboxylic acids is 2. The smallest absolute Gasteiger partial charge is 0.267 e. The highest BCUT2D eigenvalue weighted by Crippen LogP contribution is 2.28. The standard InChI is InChI=1S/C18H19N3O5S/c1-21(2)27(24,25)13-9-7-12(8-10-13)17(22)19-11-16-18(23)20-14-5-3-4-6-15(14)26-16/h3-10,16H,11H2,1-2H3,(H,19,22)(H,20,23). The molecule has 1 unspecified atom stereocenters. The Kier molecular flexibility index (Phi) is 5.15. The van der Waals surface area contributed by atoms with E-state index in [4.69, 9.17) is 4.74 Å². The van der Waals surface area contributed by atoms with Gasteiger partial charge in [0.05, 0.1) is 17.1 Å². The van der Waals surface area contributed by atoms with Gasteiger partial charge < -0.3 is 15.4 Å². The molecule has 2 aromatic carbocycles. The molecule has 9 heteroatoms. The van der Waals surface area contributed by atoms with Crippen LogP contribution in [-0.2, 0) is 14.8 Å². The van der Waals surface area contributed by atoms with Crippen LogP contribution in [0.2, 0.25) is 0 Å². The molecule has 0 spiro atoms. The lowest BCUT2D eigenvalue weighted by Gasteiger charge is -2.25. The van der Waals surface area contributed by atoms with Gasteiger partial charge in [-0.05, 0) is 36.4 Å². The van der Waals surface area contributed by atoms with Gasteiger partial charge in [-0.15, -0.1) is 0 Å². The Morgan fingerprint density at radius 3 is 2.48 bits per heavy atom. The molecular weight excluding hydrogens is 370 g/mol. The number of ether oxygens (including phenoxy) is 1.